The summed E-state index contributed by atoms with van der Waals surface area (Å²) in [6, 6.07) is 21.1. The highest BCUT2D eigenvalue weighted by atomic mass is 16.5. The molecule has 0 amide bonds. The van der Waals surface area contributed by atoms with Gasteiger partial charge >= 0.3 is 0 Å². The Labute approximate surface area is 182 Å². The number of allylic oxidation sites excluding steroid dienone is 2. The van der Waals surface area contributed by atoms with Gasteiger partial charge in [-0.05, 0) is 60.5 Å². The van der Waals surface area contributed by atoms with Crippen LogP contribution in [0, 0.1) is 23.2 Å². The van der Waals surface area contributed by atoms with E-state index in [1.165, 1.54) is 24.0 Å². The van der Waals surface area contributed by atoms with Crippen molar-refractivity contribution in [2.24, 2.45) is 23.2 Å². The third-order valence-electron chi connectivity index (χ3n) is 7.54. The fourth-order valence-corrected chi connectivity index (χ4v) is 6.11. The standard InChI is InChI=1S/C28H36O2/c1-21-11-10-16-28(3)25(21)17-26(30-20-24-14-8-5-9-15-24)27(28)22(2)18-29-19-23-12-6-4-7-13-23/h4-9,11-15,22,25-27H,10,16-20H2,1-3H3/t22-,25+,26-,27+,28+/m0/s1. The van der Waals surface area contributed by atoms with Crippen LogP contribution in [0.3, 0.4) is 0 Å². The lowest BCUT2D eigenvalue weighted by atomic mass is 9.62. The van der Waals surface area contributed by atoms with E-state index in [0.717, 1.165) is 13.0 Å². The predicted molar refractivity (Wildman–Crippen MR) is 123 cm³/mol. The van der Waals surface area contributed by atoms with Gasteiger partial charge in [-0.15, -0.1) is 0 Å². The van der Waals surface area contributed by atoms with Crippen LogP contribution in [0.5, 0.6) is 0 Å². The average Bonchev–Trinajstić information content (AvgIpc) is 3.07. The molecule has 5 atom stereocenters. The average molecular weight is 405 g/mol. The van der Waals surface area contributed by atoms with Crippen LogP contribution in [0.25, 0.3) is 0 Å². The summed E-state index contributed by atoms with van der Waals surface area (Å²) in [5, 5.41) is 0. The van der Waals surface area contributed by atoms with E-state index in [9.17, 15) is 0 Å². The van der Waals surface area contributed by atoms with Gasteiger partial charge in [0.2, 0.25) is 0 Å². The lowest BCUT2D eigenvalue weighted by Gasteiger charge is -2.43. The van der Waals surface area contributed by atoms with Crippen LogP contribution in [0.1, 0.15) is 51.2 Å². The molecular formula is C28H36O2. The van der Waals surface area contributed by atoms with Crippen LogP contribution in [-0.2, 0) is 22.7 Å². The van der Waals surface area contributed by atoms with Gasteiger partial charge in [-0.25, -0.2) is 0 Å². The highest BCUT2D eigenvalue weighted by Crippen LogP contribution is 2.58. The van der Waals surface area contributed by atoms with E-state index in [-0.39, 0.29) is 6.10 Å². The lowest BCUT2D eigenvalue weighted by molar-refractivity contribution is -0.0488. The van der Waals surface area contributed by atoms with E-state index in [2.05, 4.69) is 87.5 Å². The summed E-state index contributed by atoms with van der Waals surface area (Å²) in [6.07, 6.45) is 6.34. The van der Waals surface area contributed by atoms with E-state index < -0.39 is 0 Å². The molecule has 0 unspecified atom stereocenters. The molecule has 0 aromatic heterocycles. The number of benzene rings is 2. The molecule has 2 aliphatic rings. The molecule has 0 heterocycles. The molecule has 0 saturated heterocycles. The smallest absolute Gasteiger partial charge is 0.0720 e. The Bertz CT molecular complexity index is 828. The topological polar surface area (TPSA) is 18.5 Å². The Morgan fingerprint density at radius 3 is 2.27 bits per heavy atom. The molecule has 1 saturated carbocycles. The van der Waals surface area contributed by atoms with Crippen molar-refractivity contribution in [1.29, 1.82) is 0 Å². The first-order chi connectivity index (χ1) is 14.6. The van der Waals surface area contributed by atoms with Gasteiger partial charge in [-0.3, -0.25) is 0 Å². The van der Waals surface area contributed by atoms with E-state index in [1.54, 1.807) is 5.57 Å². The minimum absolute atomic E-state index is 0.289. The van der Waals surface area contributed by atoms with E-state index in [4.69, 9.17) is 9.47 Å². The fraction of sp³-hybridized carbons (Fsp3) is 0.500. The number of ether oxygens (including phenoxy) is 2. The number of hydrogen-bond donors (Lipinski definition) is 0. The zero-order valence-corrected chi connectivity index (χ0v) is 18.7. The first-order valence-electron chi connectivity index (χ1n) is 11.5. The van der Waals surface area contributed by atoms with Gasteiger partial charge in [0, 0.05) is 6.61 Å². The maximum Gasteiger partial charge on any atom is 0.0720 e. The van der Waals surface area contributed by atoms with Gasteiger partial charge in [0.15, 0.2) is 0 Å². The molecule has 160 valence electrons. The molecule has 2 aromatic rings. The van der Waals surface area contributed by atoms with Crippen molar-refractivity contribution in [3.8, 4) is 0 Å². The molecule has 4 rings (SSSR count). The largest absolute Gasteiger partial charge is 0.376 e. The normalized spacial score (nSPS) is 29.3. The zero-order chi connectivity index (χ0) is 21.0. The van der Waals surface area contributed by atoms with Crippen molar-refractivity contribution in [3.05, 3.63) is 83.4 Å². The van der Waals surface area contributed by atoms with E-state index in [0.29, 0.717) is 36.4 Å². The van der Waals surface area contributed by atoms with Gasteiger partial charge in [-0.1, -0.05) is 86.2 Å². The SMILES string of the molecule is CC1=CCC[C@@]2(C)[C@H]([C@@H](C)COCc3ccccc3)[C@@H](OCc3ccccc3)C[C@H]12. The highest BCUT2D eigenvalue weighted by molar-refractivity contribution is 5.20. The van der Waals surface area contributed by atoms with E-state index >= 15 is 0 Å². The summed E-state index contributed by atoms with van der Waals surface area (Å²) >= 11 is 0. The van der Waals surface area contributed by atoms with Crippen molar-refractivity contribution >= 4 is 0 Å². The van der Waals surface area contributed by atoms with Crippen LogP contribution in [0.2, 0.25) is 0 Å². The van der Waals surface area contributed by atoms with Crippen molar-refractivity contribution in [2.75, 3.05) is 6.61 Å². The number of rotatable bonds is 8. The Kier molecular flexibility index (Phi) is 6.75. The van der Waals surface area contributed by atoms with Crippen molar-refractivity contribution < 1.29 is 9.47 Å². The molecule has 2 aromatic carbocycles. The quantitative estimate of drug-likeness (QED) is 0.450. The lowest BCUT2D eigenvalue weighted by Crippen LogP contribution is -2.39. The zero-order valence-electron chi connectivity index (χ0n) is 18.7. The number of fused-ring (bicyclic) bond motifs is 1. The Morgan fingerprint density at radius 1 is 0.967 bits per heavy atom. The van der Waals surface area contributed by atoms with Gasteiger partial charge < -0.3 is 9.47 Å². The second-order valence-corrected chi connectivity index (χ2v) is 9.62. The van der Waals surface area contributed by atoms with Crippen LogP contribution in [0.4, 0.5) is 0 Å². The first kappa shape index (κ1) is 21.3. The van der Waals surface area contributed by atoms with Crippen molar-refractivity contribution in [1.82, 2.24) is 0 Å². The molecule has 0 radical (unpaired) electrons. The molecule has 0 aliphatic heterocycles. The minimum Gasteiger partial charge on any atom is -0.376 e. The summed E-state index contributed by atoms with van der Waals surface area (Å²) in [7, 11) is 0. The van der Waals surface area contributed by atoms with E-state index in [1.807, 2.05) is 0 Å². The van der Waals surface area contributed by atoms with Crippen LogP contribution in [0.15, 0.2) is 72.3 Å². The summed E-state index contributed by atoms with van der Waals surface area (Å²) in [6.45, 7) is 9.39. The van der Waals surface area contributed by atoms with Crippen LogP contribution < -0.4 is 0 Å². The molecule has 0 spiro atoms. The summed E-state index contributed by atoms with van der Waals surface area (Å²) in [5.41, 5.74) is 4.37. The highest BCUT2D eigenvalue weighted by Gasteiger charge is 2.55. The Morgan fingerprint density at radius 2 is 1.60 bits per heavy atom. The third-order valence-corrected chi connectivity index (χ3v) is 7.54. The van der Waals surface area contributed by atoms with Gasteiger partial charge in [-0.2, -0.15) is 0 Å². The molecule has 0 N–H and O–H groups in total. The minimum atomic E-state index is 0.289. The van der Waals surface area contributed by atoms with Crippen LogP contribution in [-0.4, -0.2) is 12.7 Å². The monoisotopic (exact) mass is 404 g/mol. The van der Waals surface area contributed by atoms with Gasteiger partial charge in [0.05, 0.1) is 19.3 Å². The fourth-order valence-electron chi connectivity index (χ4n) is 6.11. The Balaban J connectivity index is 1.46. The molecule has 30 heavy (non-hydrogen) atoms. The first-order valence-corrected chi connectivity index (χ1v) is 11.5. The molecule has 2 aliphatic carbocycles. The summed E-state index contributed by atoms with van der Waals surface area (Å²) in [5.74, 6) is 1.62. The predicted octanol–water partition coefficient (Wildman–Crippen LogP) is 6.81. The summed E-state index contributed by atoms with van der Waals surface area (Å²) in [4.78, 5) is 0. The molecule has 1 fully saturated rings. The second-order valence-electron chi connectivity index (χ2n) is 9.62. The number of hydrogen-bond acceptors (Lipinski definition) is 2. The Hall–Kier alpha value is -1.90. The summed E-state index contributed by atoms with van der Waals surface area (Å²) < 4.78 is 12.8. The third kappa shape index (κ3) is 4.55. The molecule has 2 heteroatoms. The maximum absolute atomic E-state index is 6.61. The van der Waals surface area contributed by atoms with Crippen LogP contribution >= 0.6 is 0 Å². The van der Waals surface area contributed by atoms with Gasteiger partial charge in [0.1, 0.15) is 0 Å². The van der Waals surface area contributed by atoms with Gasteiger partial charge in [0.25, 0.3) is 0 Å². The maximum atomic E-state index is 6.61. The molecular weight excluding hydrogens is 368 g/mol. The van der Waals surface area contributed by atoms with Crippen molar-refractivity contribution in [3.63, 3.8) is 0 Å². The molecule has 2 nitrogen and oxygen atoms in total. The molecule has 0 bridgehead atoms. The second kappa shape index (κ2) is 9.49. The van der Waals surface area contributed by atoms with Crippen molar-refractivity contribution in [2.45, 2.75) is 59.4 Å².